The molecule has 1 amide bonds. The third-order valence-electron chi connectivity index (χ3n) is 5.73. The van der Waals surface area contributed by atoms with Gasteiger partial charge in [-0.25, -0.2) is 4.39 Å². The zero-order chi connectivity index (χ0) is 22.5. The monoisotopic (exact) mass is 424 g/mol. The van der Waals surface area contributed by atoms with Crippen LogP contribution in [-0.4, -0.2) is 29.9 Å². The van der Waals surface area contributed by atoms with E-state index in [4.69, 9.17) is 10.5 Å². The molecular weight excluding hydrogens is 403 g/mol. The Morgan fingerprint density at radius 1 is 0.969 bits per heavy atom. The largest absolute Gasteiger partial charge is 0.348 e. The number of halogens is 1. The predicted octanol–water partition coefficient (Wildman–Crippen LogP) is 4.16. The molecule has 4 rings (SSSR count). The maximum absolute atomic E-state index is 14.2. The van der Waals surface area contributed by atoms with E-state index in [1.807, 2.05) is 48.5 Å². The topological polar surface area (TPSA) is 79.9 Å². The molecule has 1 fully saturated rings. The van der Waals surface area contributed by atoms with Gasteiger partial charge in [0.15, 0.2) is 0 Å². The number of rotatable bonds is 5. The van der Waals surface area contributed by atoms with Gasteiger partial charge in [-0.2, -0.15) is 10.5 Å². The minimum Gasteiger partial charge on any atom is -0.348 e. The fraction of sp³-hybridized carbons (Fsp3) is 0.192. The highest BCUT2D eigenvalue weighted by Gasteiger charge is 2.31. The van der Waals surface area contributed by atoms with E-state index in [0.717, 1.165) is 30.2 Å². The highest BCUT2D eigenvalue weighted by molar-refractivity contribution is 5.94. The highest BCUT2D eigenvalue weighted by Crippen LogP contribution is 2.32. The number of nitriles is 2. The molecule has 1 heterocycles. The van der Waals surface area contributed by atoms with Crippen LogP contribution in [0.5, 0.6) is 0 Å². The molecule has 0 saturated carbocycles. The van der Waals surface area contributed by atoms with Crippen LogP contribution in [0.1, 0.15) is 45.1 Å². The summed E-state index contributed by atoms with van der Waals surface area (Å²) >= 11 is 0. The SMILES string of the molecule is N#Cc1ccc(C(c2ccccc2)N2CC[C@@H](NC(=O)c3ccc(C#N)cc3F)C2)cc1. The number of carbonyl (C=O) groups is 1. The summed E-state index contributed by atoms with van der Waals surface area (Å²) in [5, 5.41) is 20.9. The lowest BCUT2D eigenvalue weighted by molar-refractivity contribution is 0.0933. The minimum absolute atomic E-state index is 0.0162. The van der Waals surface area contributed by atoms with Crippen molar-refractivity contribution in [2.45, 2.75) is 18.5 Å². The fourth-order valence-corrected chi connectivity index (χ4v) is 4.16. The summed E-state index contributed by atoms with van der Waals surface area (Å²) in [7, 11) is 0. The van der Waals surface area contributed by atoms with Gasteiger partial charge >= 0.3 is 0 Å². The first-order valence-electron chi connectivity index (χ1n) is 10.4. The third-order valence-corrected chi connectivity index (χ3v) is 5.73. The van der Waals surface area contributed by atoms with Crippen molar-refractivity contribution in [2.24, 2.45) is 0 Å². The third kappa shape index (κ3) is 4.51. The van der Waals surface area contributed by atoms with Gasteiger partial charge in [0.25, 0.3) is 5.91 Å². The summed E-state index contributed by atoms with van der Waals surface area (Å²) in [6.45, 7) is 1.38. The van der Waals surface area contributed by atoms with Crippen molar-refractivity contribution in [3.05, 3.63) is 106 Å². The standard InChI is InChI=1S/C26H21FN4O/c27-24-14-19(16-29)8-11-23(24)26(32)30-22-12-13-31(17-22)25(20-4-2-1-3-5-20)21-9-6-18(15-28)7-10-21/h1-11,14,22,25H,12-13,17H2,(H,30,32)/t22-,25?/m1/s1. The van der Waals surface area contributed by atoms with Gasteiger partial charge in [-0.3, -0.25) is 9.69 Å². The Kier molecular flexibility index (Phi) is 6.26. The fourth-order valence-electron chi connectivity index (χ4n) is 4.16. The second-order valence-electron chi connectivity index (χ2n) is 7.81. The first-order chi connectivity index (χ1) is 15.6. The summed E-state index contributed by atoms with van der Waals surface area (Å²) in [6, 6.07) is 25.4. The maximum atomic E-state index is 14.2. The first-order valence-corrected chi connectivity index (χ1v) is 10.4. The molecule has 5 nitrogen and oxygen atoms in total. The molecule has 32 heavy (non-hydrogen) atoms. The van der Waals surface area contributed by atoms with Crippen LogP contribution in [0.3, 0.4) is 0 Å². The maximum Gasteiger partial charge on any atom is 0.254 e. The quantitative estimate of drug-likeness (QED) is 0.667. The van der Waals surface area contributed by atoms with E-state index in [2.05, 4.69) is 28.4 Å². The van der Waals surface area contributed by atoms with Gasteiger partial charge in [0.2, 0.25) is 0 Å². The summed E-state index contributed by atoms with van der Waals surface area (Å²) in [5.41, 5.74) is 2.92. The van der Waals surface area contributed by atoms with E-state index in [1.54, 1.807) is 0 Å². The number of hydrogen-bond acceptors (Lipinski definition) is 4. The summed E-state index contributed by atoms with van der Waals surface area (Å²) in [4.78, 5) is 14.9. The Labute approximate surface area is 186 Å². The predicted molar refractivity (Wildman–Crippen MR) is 118 cm³/mol. The molecular formula is C26H21FN4O. The van der Waals surface area contributed by atoms with Crippen LogP contribution in [0.15, 0.2) is 72.8 Å². The lowest BCUT2D eigenvalue weighted by Gasteiger charge is -2.29. The van der Waals surface area contributed by atoms with Gasteiger partial charge in [-0.1, -0.05) is 42.5 Å². The molecule has 0 aliphatic carbocycles. The molecule has 0 spiro atoms. The Hall–Kier alpha value is -4.00. The van der Waals surface area contributed by atoms with E-state index in [1.165, 1.54) is 12.1 Å². The van der Waals surface area contributed by atoms with Crippen molar-refractivity contribution in [3.63, 3.8) is 0 Å². The number of nitrogens with zero attached hydrogens (tertiary/aromatic N) is 3. The van der Waals surface area contributed by atoms with Gasteiger partial charge in [-0.15, -0.1) is 0 Å². The lowest BCUT2D eigenvalue weighted by Crippen LogP contribution is -2.38. The number of hydrogen-bond donors (Lipinski definition) is 1. The van der Waals surface area contributed by atoms with Crippen molar-refractivity contribution in [1.82, 2.24) is 10.2 Å². The second kappa shape index (κ2) is 9.43. The van der Waals surface area contributed by atoms with Crippen LogP contribution < -0.4 is 5.32 Å². The zero-order valence-corrected chi connectivity index (χ0v) is 17.3. The van der Waals surface area contributed by atoms with Crippen molar-refractivity contribution in [1.29, 1.82) is 10.5 Å². The van der Waals surface area contributed by atoms with E-state index in [-0.39, 0.29) is 23.2 Å². The summed E-state index contributed by atoms with van der Waals surface area (Å²) < 4.78 is 14.2. The summed E-state index contributed by atoms with van der Waals surface area (Å²) in [6.07, 6.45) is 0.739. The van der Waals surface area contributed by atoms with Crippen LogP contribution in [-0.2, 0) is 0 Å². The second-order valence-corrected chi connectivity index (χ2v) is 7.81. The first kappa shape index (κ1) is 21.2. The van der Waals surface area contributed by atoms with E-state index in [9.17, 15) is 9.18 Å². The number of likely N-dealkylation sites (tertiary alicyclic amines) is 1. The molecule has 3 aromatic carbocycles. The molecule has 1 saturated heterocycles. The molecule has 2 atom stereocenters. The number of amides is 1. The van der Waals surface area contributed by atoms with Crippen molar-refractivity contribution in [3.8, 4) is 12.1 Å². The molecule has 3 aromatic rings. The highest BCUT2D eigenvalue weighted by atomic mass is 19.1. The van der Waals surface area contributed by atoms with Gasteiger partial charge in [0, 0.05) is 19.1 Å². The molecule has 6 heteroatoms. The lowest BCUT2D eigenvalue weighted by atomic mass is 9.96. The smallest absolute Gasteiger partial charge is 0.254 e. The van der Waals surface area contributed by atoms with Crippen LogP contribution in [0.2, 0.25) is 0 Å². The van der Waals surface area contributed by atoms with Crippen LogP contribution in [0, 0.1) is 28.5 Å². The Morgan fingerprint density at radius 2 is 1.62 bits per heavy atom. The van der Waals surface area contributed by atoms with Gasteiger partial charge in [-0.05, 0) is 47.9 Å². The van der Waals surface area contributed by atoms with Crippen molar-refractivity contribution >= 4 is 5.91 Å². The Balaban J connectivity index is 1.52. The number of carbonyl (C=O) groups excluding carboxylic acids is 1. The van der Waals surface area contributed by atoms with Crippen molar-refractivity contribution < 1.29 is 9.18 Å². The van der Waals surface area contributed by atoms with Crippen LogP contribution in [0.4, 0.5) is 4.39 Å². The van der Waals surface area contributed by atoms with E-state index in [0.29, 0.717) is 12.1 Å². The van der Waals surface area contributed by atoms with Gasteiger partial charge in [0.1, 0.15) is 5.82 Å². The summed E-state index contributed by atoms with van der Waals surface area (Å²) in [5.74, 6) is -1.18. The molecule has 1 N–H and O–H groups in total. The van der Waals surface area contributed by atoms with E-state index < -0.39 is 11.7 Å². The van der Waals surface area contributed by atoms with Crippen molar-refractivity contribution in [2.75, 3.05) is 13.1 Å². The molecule has 0 aromatic heterocycles. The average molecular weight is 424 g/mol. The van der Waals surface area contributed by atoms with Crippen LogP contribution in [0.25, 0.3) is 0 Å². The number of benzene rings is 3. The molecule has 1 unspecified atom stereocenters. The van der Waals surface area contributed by atoms with Gasteiger partial charge < -0.3 is 5.32 Å². The normalized spacial score (nSPS) is 16.7. The molecule has 1 aliphatic rings. The Morgan fingerprint density at radius 3 is 2.28 bits per heavy atom. The molecule has 1 aliphatic heterocycles. The Bertz CT molecular complexity index is 1200. The molecule has 0 bridgehead atoms. The molecule has 158 valence electrons. The molecule has 0 radical (unpaired) electrons. The minimum atomic E-state index is -0.698. The van der Waals surface area contributed by atoms with Gasteiger partial charge in [0.05, 0.1) is 34.9 Å². The average Bonchev–Trinajstić information content (AvgIpc) is 3.28. The van der Waals surface area contributed by atoms with E-state index >= 15 is 0 Å². The number of nitrogens with one attached hydrogen (secondary N) is 1. The zero-order valence-electron chi connectivity index (χ0n) is 17.3. The van der Waals surface area contributed by atoms with Crippen LogP contribution >= 0.6 is 0 Å².